The van der Waals surface area contributed by atoms with Crippen molar-refractivity contribution in [2.24, 2.45) is 0 Å². The Labute approximate surface area is 80.3 Å². The van der Waals surface area contributed by atoms with Gasteiger partial charge in [0, 0.05) is 17.7 Å². The molecule has 0 aliphatic heterocycles. The topological polar surface area (TPSA) is 26.3 Å². The lowest BCUT2D eigenvalue weighted by Gasteiger charge is -2.09. The number of methoxy groups -OCH3 is 1. The molecule has 1 aromatic carbocycles. The standard InChI is InChI=1S/C9H8ClFO2/c1-13-9(5-12)7-4-6(11)2-3-8(7)10/h2-5,9H,1H3. The Morgan fingerprint density at radius 2 is 2.31 bits per heavy atom. The molecular formula is C9H8ClFO2. The van der Waals surface area contributed by atoms with Crippen LogP contribution in [0.25, 0.3) is 0 Å². The average Bonchev–Trinajstić information content (AvgIpc) is 2.13. The predicted octanol–water partition coefficient (Wildman–Crippen LogP) is 2.37. The van der Waals surface area contributed by atoms with Crippen LogP contribution in [0.4, 0.5) is 4.39 Å². The van der Waals surface area contributed by atoms with E-state index in [4.69, 9.17) is 16.3 Å². The maximum atomic E-state index is 12.8. The first-order valence-corrected chi connectivity index (χ1v) is 4.00. The van der Waals surface area contributed by atoms with Gasteiger partial charge in [-0.05, 0) is 18.2 Å². The minimum Gasteiger partial charge on any atom is -0.369 e. The molecule has 0 fully saturated rings. The summed E-state index contributed by atoms with van der Waals surface area (Å²) in [7, 11) is 1.36. The second-order valence-electron chi connectivity index (χ2n) is 2.46. The summed E-state index contributed by atoms with van der Waals surface area (Å²) in [6.07, 6.45) is -0.233. The van der Waals surface area contributed by atoms with Gasteiger partial charge in [-0.3, -0.25) is 0 Å². The van der Waals surface area contributed by atoms with Gasteiger partial charge in [-0.15, -0.1) is 0 Å². The summed E-state index contributed by atoms with van der Waals surface area (Å²) in [4.78, 5) is 10.5. The first-order chi connectivity index (χ1) is 6.19. The van der Waals surface area contributed by atoms with Crippen molar-refractivity contribution in [3.63, 3.8) is 0 Å². The zero-order valence-corrected chi connectivity index (χ0v) is 7.72. The lowest BCUT2D eigenvalue weighted by molar-refractivity contribution is -0.116. The molecule has 0 saturated carbocycles. The van der Waals surface area contributed by atoms with Gasteiger partial charge in [-0.25, -0.2) is 4.39 Å². The van der Waals surface area contributed by atoms with Crippen LogP contribution in [0.2, 0.25) is 5.02 Å². The Morgan fingerprint density at radius 3 is 2.85 bits per heavy atom. The molecule has 0 aliphatic carbocycles. The van der Waals surface area contributed by atoms with E-state index in [1.165, 1.54) is 25.3 Å². The summed E-state index contributed by atoms with van der Waals surface area (Å²) in [5, 5.41) is 0.320. The fourth-order valence-corrected chi connectivity index (χ4v) is 1.21. The number of rotatable bonds is 3. The fraction of sp³-hybridized carbons (Fsp3) is 0.222. The number of carbonyl (C=O) groups excluding carboxylic acids is 1. The Balaban J connectivity index is 3.10. The minimum atomic E-state index is -0.803. The molecule has 70 valence electrons. The monoisotopic (exact) mass is 202 g/mol. The zero-order chi connectivity index (χ0) is 9.84. The zero-order valence-electron chi connectivity index (χ0n) is 6.96. The quantitative estimate of drug-likeness (QED) is 0.704. The van der Waals surface area contributed by atoms with Crippen LogP contribution in [0.1, 0.15) is 11.7 Å². The van der Waals surface area contributed by atoms with Gasteiger partial charge in [0.25, 0.3) is 0 Å². The van der Waals surface area contributed by atoms with Crippen LogP contribution < -0.4 is 0 Å². The third-order valence-electron chi connectivity index (χ3n) is 1.64. The molecule has 4 heteroatoms. The van der Waals surface area contributed by atoms with Gasteiger partial charge < -0.3 is 9.53 Å². The van der Waals surface area contributed by atoms with E-state index in [9.17, 15) is 9.18 Å². The molecule has 0 amide bonds. The largest absolute Gasteiger partial charge is 0.369 e. The third-order valence-corrected chi connectivity index (χ3v) is 1.99. The van der Waals surface area contributed by atoms with E-state index < -0.39 is 11.9 Å². The van der Waals surface area contributed by atoms with Gasteiger partial charge in [0.15, 0.2) is 6.29 Å². The van der Waals surface area contributed by atoms with Crippen LogP contribution >= 0.6 is 11.6 Å². The van der Waals surface area contributed by atoms with Gasteiger partial charge in [0.2, 0.25) is 0 Å². The molecular weight excluding hydrogens is 195 g/mol. The van der Waals surface area contributed by atoms with Crippen molar-refractivity contribution in [2.75, 3.05) is 7.11 Å². The highest BCUT2D eigenvalue weighted by Crippen LogP contribution is 2.24. The number of halogens is 2. The molecule has 0 aromatic heterocycles. The van der Waals surface area contributed by atoms with Crippen LogP contribution in [0, 0.1) is 5.82 Å². The molecule has 1 unspecified atom stereocenters. The van der Waals surface area contributed by atoms with E-state index >= 15 is 0 Å². The molecule has 0 saturated heterocycles. The van der Waals surface area contributed by atoms with Gasteiger partial charge in [-0.1, -0.05) is 11.6 Å². The first kappa shape index (κ1) is 10.2. The molecule has 0 N–H and O–H groups in total. The first-order valence-electron chi connectivity index (χ1n) is 3.62. The van der Waals surface area contributed by atoms with Gasteiger partial charge in [-0.2, -0.15) is 0 Å². The molecule has 1 aromatic rings. The average molecular weight is 203 g/mol. The van der Waals surface area contributed by atoms with E-state index in [2.05, 4.69) is 0 Å². The van der Waals surface area contributed by atoms with E-state index in [1.54, 1.807) is 0 Å². The summed E-state index contributed by atoms with van der Waals surface area (Å²) in [6.45, 7) is 0. The van der Waals surface area contributed by atoms with E-state index in [1.807, 2.05) is 0 Å². The van der Waals surface area contributed by atoms with Crippen molar-refractivity contribution < 1.29 is 13.9 Å². The Kier molecular flexibility index (Phi) is 3.39. The number of hydrogen-bond acceptors (Lipinski definition) is 2. The number of benzene rings is 1. The number of hydrogen-bond donors (Lipinski definition) is 0. The van der Waals surface area contributed by atoms with Crippen molar-refractivity contribution in [1.82, 2.24) is 0 Å². The SMILES string of the molecule is COC(C=O)c1cc(F)ccc1Cl. The molecule has 0 heterocycles. The van der Waals surface area contributed by atoms with Crippen LogP contribution in [-0.2, 0) is 9.53 Å². The molecule has 0 aliphatic rings. The van der Waals surface area contributed by atoms with Crippen LogP contribution in [0.5, 0.6) is 0 Å². The van der Waals surface area contributed by atoms with Gasteiger partial charge in [0.1, 0.15) is 11.9 Å². The summed E-state index contributed by atoms with van der Waals surface area (Å²) in [6, 6.07) is 3.80. The van der Waals surface area contributed by atoms with E-state index in [-0.39, 0.29) is 0 Å². The number of carbonyl (C=O) groups is 1. The lowest BCUT2D eigenvalue weighted by atomic mass is 10.1. The summed E-state index contributed by atoms with van der Waals surface area (Å²) in [5.74, 6) is -0.441. The molecule has 0 bridgehead atoms. The van der Waals surface area contributed by atoms with E-state index in [0.717, 1.165) is 0 Å². The maximum absolute atomic E-state index is 12.8. The number of ether oxygens (including phenoxy) is 1. The fourth-order valence-electron chi connectivity index (χ4n) is 0.988. The van der Waals surface area contributed by atoms with Crippen molar-refractivity contribution in [1.29, 1.82) is 0 Å². The van der Waals surface area contributed by atoms with Crippen molar-refractivity contribution >= 4 is 17.9 Å². The Bertz CT molecular complexity index is 314. The van der Waals surface area contributed by atoms with Crippen molar-refractivity contribution in [2.45, 2.75) is 6.10 Å². The molecule has 0 spiro atoms. The number of aldehydes is 1. The molecule has 1 rings (SSSR count). The second-order valence-corrected chi connectivity index (χ2v) is 2.87. The van der Waals surface area contributed by atoms with Crippen LogP contribution in [-0.4, -0.2) is 13.4 Å². The Hall–Kier alpha value is -0.930. The molecule has 2 nitrogen and oxygen atoms in total. The molecule has 13 heavy (non-hydrogen) atoms. The van der Waals surface area contributed by atoms with Crippen molar-refractivity contribution in [3.8, 4) is 0 Å². The van der Waals surface area contributed by atoms with E-state index in [0.29, 0.717) is 16.9 Å². The smallest absolute Gasteiger partial charge is 0.153 e. The normalized spacial score (nSPS) is 12.5. The molecule has 1 atom stereocenters. The van der Waals surface area contributed by atoms with Crippen LogP contribution in [0.3, 0.4) is 0 Å². The van der Waals surface area contributed by atoms with Crippen LogP contribution in [0.15, 0.2) is 18.2 Å². The Morgan fingerprint density at radius 1 is 1.62 bits per heavy atom. The highest BCUT2D eigenvalue weighted by Gasteiger charge is 2.13. The lowest BCUT2D eigenvalue weighted by Crippen LogP contribution is -2.03. The minimum absolute atomic E-state index is 0.320. The summed E-state index contributed by atoms with van der Waals surface area (Å²) >= 11 is 5.74. The van der Waals surface area contributed by atoms with Gasteiger partial charge in [0.05, 0.1) is 0 Å². The third kappa shape index (κ3) is 2.26. The maximum Gasteiger partial charge on any atom is 0.153 e. The second kappa shape index (κ2) is 4.35. The van der Waals surface area contributed by atoms with Gasteiger partial charge >= 0.3 is 0 Å². The van der Waals surface area contributed by atoms with Crippen molar-refractivity contribution in [3.05, 3.63) is 34.6 Å². The summed E-state index contributed by atoms with van der Waals surface area (Å²) < 4.78 is 17.6. The highest BCUT2D eigenvalue weighted by atomic mass is 35.5. The summed E-state index contributed by atoms with van der Waals surface area (Å²) in [5.41, 5.74) is 0.346. The highest BCUT2D eigenvalue weighted by molar-refractivity contribution is 6.31. The molecule has 0 radical (unpaired) electrons. The predicted molar refractivity (Wildman–Crippen MR) is 47.2 cm³/mol.